The first-order chi connectivity index (χ1) is 15.9. The lowest BCUT2D eigenvalue weighted by molar-refractivity contribution is -0.0462. The summed E-state index contributed by atoms with van der Waals surface area (Å²) < 4.78 is 17.9. The highest BCUT2D eigenvalue weighted by Gasteiger charge is 2.34. The van der Waals surface area contributed by atoms with Crippen molar-refractivity contribution in [3.8, 4) is 22.9 Å². The molecule has 7 heteroatoms. The molecular weight excluding hydrogens is 446 g/mol. The number of pyridine rings is 1. The molecule has 1 fully saturated rings. The molecule has 1 aliphatic heterocycles. The Morgan fingerprint density at radius 2 is 1.79 bits per heavy atom. The molecule has 0 amide bonds. The van der Waals surface area contributed by atoms with Gasteiger partial charge in [-0.3, -0.25) is 14.2 Å². The van der Waals surface area contributed by atoms with E-state index in [1.165, 1.54) is 6.92 Å². The van der Waals surface area contributed by atoms with E-state index < -0.39 is 8.07 Å². The number of nitrogens with zero attached hydrogens (tertiary/aromatic N) is 1. The fraction of sp³-hybridized carbons (Fsp3) is 0.481. The normalized spacial score (nSPS) is 14.6. The van der Waals surface area contributed by atoms with E-state index in [4.69, 9.17) is 14.2 Å². The topological polar surface area (TPSA) is 66.8 Å². The van der Waals surface area contributed by atoms with Crippen LogP contribution in [0, 0.1) is 11.5 Å². The van der Waals surface area contributed by atoms with Crippen molar-refractivity contribution >= 4 is 13.9 Å². The Morgan fingerprint density at radius 1 is 1.18 bits per heavy atom. The van der Waals surface area contributed by atoms with E-state index in [0.29, 0.717) is 54.3 Å². The maximum atomic E-state index is 13.7. The molecule has 2 heterocycles. The van der Waals surface area contributed by atoms with Gasteiger partial charge in [0, 0.05) is 12.0 Å². The van der Waals surface area contributed by atoms with Gasteiger partial charge in [-0.25, -0.2) is 0 Å². The Kier molecular flexibility index (Phi) is 7.86. The van der Waals surface area contributed by atoms with Crippen LogP contribution in [-0.4, -0.2) is 45.0 Å². The minimum absolute atomic E-state index is 0.0445. The molecule has 0 radical (unpaired) electrons. The van der Waals surface area contributed by atoms with Gasteiger partial charge < -0.3 is 14.2 Å². The molecule has 182 valence electrons. The number of Topliss-reactive ketones (excluding diaryl/α,β-unsaturated/α-hetero) is 1. The van der Waals surface area contributed by atoms with Crippen LogP contribution in [0.5, 0.6) is 5.75 Å². The van der Waals surface area contributed by atoms with Crippen molar-refractivity contribution in [1.82, 2.24) is 4.57 Å². The Morgan fingerprint density at radius 3 is 2.32 bits per heavy atom. The summed E-state index contributed by atoms with van der Waals surface area (Å²) in [4.78, 5) is 26.5. The van der Waals surface area contributed by atoms with Crippen molar-refractivity contribution < 1.29 is 19.0 Å². The van der Waals surface area contributed by atoms with Gasteiger partial charge in [-0.05, 0) is 48.7 Å². The molecule has 2 aromatic rings. The number of benzene rings is 1. The predicted octanol–water partition coefficient (Wildman–Crippen LogP) is 4.75. The molecule has 0 saturated carbocycles. The molecule has 1 saturated heterocycles. The van der Waals surface area contributed by atoms with E-state index in [-0.39, 0.29) is 22.7 Å². The minimum atomic E-state index is -1.99. The van der Waals surface area contributed by atoms with Crippen LogP contribution in [0.4, 0.5) is 0 Å². The van der Waals surface area contributed by atoms with Crippen LogP contribution >= 0.6 is 0 Å². The van der Waals surface area contributed by atoms with Crippen molar-refractivity contribution in [3.63, 3.8) is 0 Å². The molecule has 6 nitrogen and oxygen atoms in total. The molecular formula is C27H35NO5Si. The van der Waals surface area contributed by atoms with Crippen LogP contribution in [-0.2, 0) is 15.9 Å². The second-order valence-corrected chi connectivity index (χ2v) is 15.2. The number of ketones is 1. The molecule has 3 rings (SSSR count). The average molecular weight is 482 g/mol. The van der Waals surface area contributed by atoms with Crippen LogP contribution in [0.2, 0.25) is 18.1 Å². The minimum Gasteiger partial charge on any atom is -0.497 e. The molecule has 1 aliphatic rings. The highest BCUT2D eigenvalue weighted by atomic mass is 28.3. The third-order valence-corrected chi connectivity index (χ3v) is 11.2. The van der Waals surface area contributed by atoms with Crippen molar-refractivity contribution in [2.75, 3.05) is 20.3 Å². The first kappa shape index (κ1) is 26.0. The van der Waals surface area contributed by atoms with Crippen LogP contribution in [0.25, 0.3) is 5.69 Å². The van der Waals surface area contributed by atoms with Crippen LogP contribution in [0.1, 0.15) is 55.7 Å². The molecule has 1 aromatic heterocycles. The number of carbonyl (C=O) groups excluding carboxylic acids is 1. The third kappa shape index (κ3) is 5.69. The Balaban J connectivity index is 2.21. The summed E-state index contributed by atoms with van der Waals surface area (Å²) in [5.74, 6) is 3.83. The molecule has 0 N–H and O–H groups in total. The van der Waals surface area contributed by atoms with E-state index in [1.54, 1.807) is 29.9 Å². The summed E-state index contributed by atoms with van der Waals surface area (Å²) in [7, 11) is -0.393. The van der Waals surface area contributed by atoms with Gasteiger partial charge in [0.25, 0.3) is 5.56 Å². The average Bonchev–Trinajstić information content (AvgIpc) is 3.29. The lowest BCUT2D eigenvalue weighted by Gasteiger charge is -2.31. The van der Waals surface area contributed by atoms with E-state index in [9.17, 15) is 9.59 Å². The predicted molar refractivity (Wildman–Crippen MR) is 137 cm³/mol. The zero-order chi connectivity index (χ0) is 25.1. The maximum Gasteiger partial charge on any atom is 0.259 e. The lowest BCUT2D eigenvalue weighted by Crippen LogP contribution is -2.36. The number of ether oxygens (including phenoxy) is 3. The number of aromatic nitrogens is 1. The van der Waals surface area contributed by atoms with E-state index in [0.717, 1.165) is 0 Å². The molecule has 0 aliphatic carbocycles. The SMILES string of the molecule is COc1ccc(-n2c(C#C[Si](C)(C)C(C)(C)C)c(C(C)=O)cc(CCC3OCCO3)c2=O)cc1. The standard InChI is InChI=1S/C27H35NO5Si/c1-19(29)23-18-20(8-13-25-32-15-16-33-25)26(30)28(21-9-11-22(31-5)12-10-21)24(23)14-17-34(6,7)27(2,3)4/h9-12,18,25H,8,13,15-16H2,1-7H3. The molecule has 1 aromatic carbocycles. The number of aryl methyl sites for hydroxylation is 1. The first-order valence-corrected chi connectivity index (χ1v) is 14.7. The quantitative estimate of drug-likeness (QED) is 0.338. The summed E-state index contributed by atoms with van der Waals surface area (Å²) in [6.07, 6.45) is 0.660. The molecule has 0 atom stereocenters. The van der Waals surface area contributed by atoms with Gasteiger partial charge in [-0.2, -0.15) is 0 Å². The largest absolute Gasteiger partial charge is 0.497 e. The number of carbonyl (C=O) groups is 1. The first-order valence-electron chi connectivity index (χ1n) is 11.7. The molecule has 0 bridgehead atoms. The van der Waals surface area contributed by atoms with Gasteiger partial charge in [0.1, 0.15) is 19.5 Å². The highest BCUT2D eigenvalue weighted by Crippen LogP contribution is 2.35. The van der Waals surface area contributed by atoms with Crippen LogP contribution in [0.3, 0.4) is 0 Å². The van der Waals surface area contributed by atoms with Gasteiger partial charge in [-0.15, -0.1) is 5.54 Å². The Labute approximate surface area is 203 Å². The van der Waals surface area contributed by atoms with Gasteiger partial charge in [0.2, 0.25) is 0 Å². The summed E-state index contributed by atoms with van der Waals surface area (Å²) in [6.45, 7) is 13.6. The summed E-state index contributed by atoms with van der Waals surface area (Å²) in [6, 6.07) is 8.93. The van der Waals surface area contributed by atoms with Crippen LogP contribution in [0.15, 0.2) is 35.1 Å². The van der Waals surface area contributed by atoms with Crippen molar-refractivity contribution in [3.05, 3.63) is 57.5 Å². The zero-order valence-electron chi connectivity index (χ0n) is 21.3. The highest BCUT2D eigenvalue weighted by molar-refractivity contribution is 6.87. The Hall–Kier alpha value is -2.66. The smallest absolute Gasteiger partial charge is 0.259 e. The van der Waals surface area contributed by atoms with Crippen molar-refractivity contribution in [2.45, 2.75) is 65.0 Å². The monoisotopic (exact) mass is 481 g/mol. The fourth-order valence-electron chi connectivity index (χ4n) is 3.47. The summed E-state index contributed by atoms with van der Waals surface area (Å²) in [5.41, 5.74) is 5.36. The Bertz CT molecular complexity index is 1160. The van der Waals surface area contributed by atoms with Crippen LogP contribution < -0.4 is 10.3 Å². The number of methoxy groups -OCH3 is 1. The number of hydrogen-bond donors (Lipinski definition) is 0. The number of hydrogen-bond acceptors (Lipinski definition) is 5. The summed E-state index contributed by atoms with van der Waals surface area (Å²) >= 11 is 0. The van der Waals surface area contributed by atoms with Gasteiger partial charge >= 0.3 is 0 Å². The van der Waals surface area contributed by atoms with E-state index in [2.05, 4.69) is 45.3 Å². The van der Waals surface area contributed by atoms with Gasteiger partial charge in [0.15, 0.2) is 12.1 Å². The second-order valence-electron chi connectivity index (χ2n) is 10.2. The fourth-order valence-corrected chi connectivity index (χ4v) is 4.27. The maximum absolute atomic E-state index is 13.7. The van der Waals surface area contributed by atoms with E-state index >= 15 is 0 Å². The number of rotatable bonds is 6. The molecule has 0 unspecified atom stereocenters. The second kappa shape index (κ2) is 10.3. The van der Waals surface area contributed by atoms with E-state index in [1.807, 2.05) is 12.1 Å². The third-order valence-electron chi connectivity index (χ3n) is 6.69. The van der Waals surface area contributed by atoms with Gasteiger partial charge in [-0.1, -0.05) is 39.8 Å². The van der Waals surface area contributed by atoms with Crippen molar-refractivity contribution in [1.29, 1.82) is 0 Å². The van der Waals surface area contributed by atoms with Gasteiger partial charge in [0.05, 0.1) is 31.6 Å². The van der Waals surface area contributed by atoms with Crippen molar-refractivity contribution in [2.24, 2.45) is 0 Å². The molecule has 0 spiro atoms. The molecule has 34 heavy (non-hydrogen) atoms. The zero-order valence-corrected chi connectivity index (χ0v) is 22.3. The lowest BCUT2D eigenvalue weighted by atomic mass is 10.0. The summed E-state index contributed by atoms with van der Waals surface area (Å²) in [5, 5.41) is 0.0445.